The Balaban J connectivity index is 4.11. The standard InChI is InChI=1S/C6H14N2O2S2/c1-3-8(12(2,9)10)5-4-6(7)11/h3-5H2,1-2H3,(H2,7,11). The SMILES string of the molecule is CCN(CCC(N)=S)S(C)(=O)=O. The van der Waals surface area contributed by atoms with Crippen LogP contribution in [-0.4, -0.2) is 37.1 Å². The fourth-order valence-electron chi connectivity index (χ4n) is 0.793. The van der Waals surface area contributed by atoms with Gasteiger partial charge in [-0.3, -0.25) is 0 Å². The largest absolute Gasteiger partial charge is 0.393 e. The number of rotatable bonds is 5. The van der Waals surface area contributed by atoms with Gasteiger partial charge in [-0.2, -0.15) is 0 Å². The van der Waals surface area contributed by atoms with Crippen molar-refractivity contribution in [2.24, 2.45) is 5.73 Å². The van der Waals surface area contributed by atoms with E-state index in [-0.39, 0.29) is 0 Å². The third-order valence-electron chi connectivity index (χ3n) is 1.43. The van der Waals surface area contributed by atoms with Gasteiger partial charge in [-0.1, -0.05) is 19.1 Å². The number of nitrogens with two attached hydrogens (primary N) is 1. The van der Waals surface area contributed by atoms with Crippen LogP contribution >= 0.6 is 12.2 Å². The van der Waals surface area contributed by atoms with E-state index in [0.717, 1.165) is 0 Å². The van der Waals surface area contributed by atoms with Gasteiger partial charge in [0, 0.05) is 19.5 Å². The van der Waals surface area contributed by atoms with Crippen LogP contribution in [0.5, 0.6) is 0 Å². The summed E-state index contributed by atoms with van der Waals surface area (Å²) in [6.45, 7) is 2.62. The molecule has 6 heteroatoms. The summed E-state index contributed by atoms with van der Waals surface area (Å²) in [7, 11) is -3.09. The minimum Gasteiger partial charge on any atom is -0.393 e. The van der Waals surface area contributed by atoms with E-state index < -0.39 is 10.0 Å². The molecule has 0 radical (unpaired) electrons. The summed E-state index contributed by atoms with van der Waals surface area (Å²) >= 11 is 4.64. The average Bonchev–Trinajstić information content (AvgIpc) is 1.85. The van der Waals surface area contributed by atoms with Crippen molar-refractivity contribution in [3.63, 3.8) is 0 Å². The second-order valence-electron chi connectivity index (χ2n) is 2.47. The molecule has 4 nitrogen and oxygen atoms in total. The summed E-state index contributed by atoms with van der Waals surface area (Å²) in [5.74, 6) is 0. The van der Waals surface area contributed by atoms with Crippen molar-refractivity contribution in [3.05, 3.63) is 0 Å². The Hall–Kier alpha value is -0.200. The molecule has 0 fully saturated rings. The lowest BCUT2D eigenvalue weighted by molar-refractivity contribution is 0.442. The lowest BCUT2D eigenvalue weighted by atomic mass is 10.4. The highest BCUT2D eigenvalue weighted by Crippen LogP contribution is 1.98. The predicted molar refractivity (Wildman–Crippen MR) is 53.5 cm³/mol. The Morgan fingerprint density at radius 3 is 2.33 bits per heavy atom. The van der Waals surface area contributed by atoms with Crippen LogP contribution in [0.1, 0.15) is 13.3 Å². The third kappa shape index (κ3) is 4.63. The van der Waals surface area contributed by atoms with Gasteiger partial charge < -0.3 is 5.73 Å². The van der Waals surface area contributed by atoms with E-state index in [4.69, 9.17) is 5.73 Å². The molecular weight excluding hydrogens is 196 g/mol. The Kier molecular flexibility index (Phi) is 4.66. The van der Waals surface area contributed by atoms with Crippen molar-refractivity contribution < 1.29 is 8.42 Å². The van der Waals surface area contributed by atoms with Gasteiger partial charge in [0.1, 0.15) is 0 Å². The number of sulfonamides is 1. The summed E-state index contributed by atoms with van der Waals surface area (Å²) in [6, 6.07) is 0. The van der Waals surface area contributed by atoms with Crippen LogP contribution in [0.25, 0.3) is 0 Å². The molecule has 0 bridgehead atoms. The van der Waals surface area contributed by atoms with Gasteiger partial charge in [0.05, 0.1) is 11.2 Å². The summed E-state index contributed by atoms with van der Waals surface area (Å²) in [4.78, 5) is 0.345. The van der Waals surface area contributed by atoms with Crippen LogP contribution in [0, 0.1) is 0 Å². The molecule has 0 unspecified atom stereocenters. The molecule has 0 atom stereocenters. The zero-order valence-corrected chi connectivity index (χ0v) is 8.91. The monoisotopic (exact) mass is 210 g/mol. The van der Waals surface area contributed by atoms with Crippen molar-refractivity contribution in [3.8, 4) is 0 Å². The van der Waals surface area contributed by atoms with Crippen LogP contribution in [-0.2, 0) is 10.0 Å². The Morgan fingerprint density at radius 1 is 1.58 bits per heavy atom. The normalized spacial score (nSPS) is 11.9. The van der Waals surface area contributed by atoms with E-state index in [1.807, 2.05) is 0 Å². The van der Waals surface area contributed by atoms with Crippen LogP contribution in [0.15, 0.2) is 0 Å². The van der Waals surface area contributed by atoms with Crippen molar-refractivity contribution in [2.45, 2.75) is 13.3 Å². The number of nitrogens with zero attached hydrogens (tertiary/aromatic N) is 1. The topological polar surface area (TPSA) is 63.4 Å². The fourth-order valence-corrected chi connectivity index (χ4v) is 1.78. The molecule has 0 spiro atoms. The first-order valence-electron chi connectivity index (χ1n) is 3.61. The first-order chi connectivity index (χ1) is 5.38. The van der Waals surface area contributed by atoms with E-state index in [2.05, 4.69) is 12.2 Å². The molecule has 0 aromatic rings. The smallest absolute Gasteiger partial charge is 0.211 e. The lowest BCUT2D eigenvalue weighted by Crippen LogP contribution is -2.32. The fraction of sp³-hybridized carbons (Fsp3) is 0.833. The highest BCUT2D eigenvalue weighted by atomic mass is 32.2. The second-order valence-corrected chi connectivity index (χ2v) is 4.98. The summed E-state index contributed by atoms with van der Waals surface area (Å²) < 4.78 is 23.4. The molecule has 0 aromatic heterocycles. The van der Waals surface area contributed by atoms with E-state index in [1.54, 1.807) is 6.92 Å². The molecule has 0 aliphatic rings. The molecule has 2 N–H and O–H groups in total. The molecule has 0 aromatic carbocycles. The van der Waals surface area contributed by atoms with Gasteiger partial charge in [0.2, 0.25) is 10.0 Å². The van der Waals surface area contributed by atoms with E-state index in [9.17, 15) is 8.42 Å². The quantitative estimate of drug-likeness (QED) is 0.646. The van der Waals surface area contributed by atoms with Crippen molar-refractivity contribution in [2.75, 3.05) is 19.3 Å². The first kappa shape index (κ1) is 11.8. The summed E-state index contributed by atoms with van der Waals surface area (Å²) in [5, 5.41) is 0. The van der Waals surface area contributed by atoms with E-state index in [0.29, 0.717) is 24.5 Å². The number of hydrogen-bond acceptors (Lipinski definition) is 3. The van der Waals surface area contributed by atoms with Gasteiger partial charge in [-0.15, -0.1) is 0 Å². The van der Waals surface area contributed by atoms with Crippen molar-refractivity contribution >= 4 is 27.2 Å². The van der Waals surface area contributed by atoms with E-state index in [1.165, 1.54) is 10.6 Å². The highest BCUT2D eigenvalue weighted by molar-refractivity contribution is 7.88. The highest BCUT2D eigenvalue weighted by Gasteiger charge is 2.13. The maximum Gasteiger partial charge on any atom is 0.211 e. The number of hydrogen-bond donors (Lipinski definition) is 1. The van der Waals surface area contributed by atoms with Crippen LogP contribution in [0.4, 0.5) is 0 Å². The Morgan fingerprint density at radius 2 is 2.08 bits per heavy atom. The lowest BCUT2D eigenvalue weighted by Gasteiger charge is -2.16. The van der Waals surface area contributed by atoms with Crippen molar-refractivity contribution in [1.82, 2.24) is 4.31 Å². The first-order valence-corrected chi connectivity index (χ1v) is 5.87. The maximum atomic E-state index is 11.0. The van der Waals surface area contributed by atoms with Gasteiger partial charge in [-0.05, 0) is 0 Å². The van der Waals surface area contributed by atoms with Gasteiger partial charge >= 0.3 is 0 Å². The predicted octanol–water partition coefficient (Wildman–Crippen LogP) is -0.0559. The minimum absolute atomic E-state index is 0.345. The van der Waals surface area contributed by atoms with Crippen molar-refractivity contribution in [1.29, 1.82) is 0 Å². The second kappa shape index (κ2) is 4.74. The van der Waals surface area contributed by atoms with Gasteiger partial charge in [-0.25, -0.2) is 12.7 Å². The molecule has 0 heterocycles. The molecule has 0 amide bonds. The van der Waals surface area contributed by atoms with Crippen LogP contribution in [0.2, 0.25) is 0 Å². The maximum absolute atomic E-state index is 11.0. The Labute approximate surface area is 78.8 Å². The zero-order valence-electron chi connectivity index (χ0n) is 7.28. The third-order valence-corrected chi connectivity index (χ3v) is 3.01. The molecule has 12 heavy (non-hydrogen) atoms. The summed E-state index contributed by atoms with van der Waals surface area (Å²) in [5.41, 5.74) is 5.25. The average molecular weight is 210 g/mol. The molecule has 0 saturated heterocycles. The zero-order chi connectivity index (χ0) is 9.78. The molecule has 0 saturated carbocycles. The molecular formula is C6H14N2O2S2. The molecule has 0 rings (SSSR count). The molecule has 0 aliphatic heterocycles. The van der Waals surface area contributed by atoms with Gasteiger partial charge in [0.25, 0.3) is 0 Å². The minimum atomic E-state index is -3.09. The van der Waals surface area contributed by atoms with Crippen LogP contribution in [0.3, 0.4) is 0 Å². The Bertz CT molecular complexity index is 248. The van der Waals surface area contributed by atoms with Gasteiger partial charge in [0.15, 0.2) is 0 Å². The number of thiocarbonyl (C=S) groups is 1. The molecule has 72 valence electrons. The van der Waals surface area contributed by atoms with E-state index >= 15 is 0 Å². The molecule has 0 aliphatic carbocycles. The van der Waals surface area contributed by atoms with Crippen LogP contribution < -0.4 is 5.73 Å². The summed E-state index contributed by atoms with van der Waals surface area (Å²) in [6.07, 6.45) is 1.62.